The molecule has 192 valence electrons. The van der Waals surface area contributed by atoms with Gasteiger partial charge in [0.15, 0.2) is 0 Å². The number of hydrogen-bond donors (Lipinski definition) is 0. The molecule has 34 heavy (non-hydrogen) atoms. The summed E-state index contributed by atoms with van der Waals surface area (Å²) < 4.78 is 10.5. The fourth-order valence-electron chi connectivity index (χ4n) is 4.29. The first kappa shape index (κ1) is 29.9. The zero-order chi connectivity index (χ0) is 25.5. The largest absolute Gasteiger partial charge is 0.427 e. The fraction of sp³-hybridized carbons (Fsp3) is 0.667. The molecule has 0 saturated carbocycles. The Morgan fingerprint density at radius 1 is 0.794 bits per heavy atom. The van der Waals surface area contributed by atoms with Gasteiger partial charge in [-0.2, -0.15) is 0 Å². The van der Waals surface area contributed by atoms with E-state index in [1.807, 2.05) is 0 Å². The van der Waals surface area contributed by atoms with Crippen molar-refractivity contribution < 1.29 is 19.1 Å². The summed E-state index contributed by atoms with van der Waals surface area (Å²) in [5, 5.41) is 0. The molecule has 4 nitrogen and oxygen atoms in total. The molecule has 0 heterocycles. The van der Waals surface area contributed by atoms with E-state index in [9.17, 15) is 9.59 Å². The van der Waals surface area contributed by atoms with E-state index in [2.05, 4.69) is 40.7 Å². The monoisotopic (exact) mass is 472 g/mol. The van der Waals surface area contributed by atoms with E-state index < -0.39 is 0 Å². The van der Waals surface area contributed by atoms with E-state index in [1.165, 1.54) is 70.8 Å². The number of allylic oxidation sites excluding steroid dienone is 2. The summed E-state index contributed by atoms with van der Waals surface area (Å²) in [4.78, 5) is 22.7. The van der Waals surface area contributed by atoms with Crippen LogP contribution in [-0.2, 0) is 16.0 Å². The highest BCUT2D eigenvalue weighted by atomic mass is 16.5. The van der Waals surface area contributed by atoms with Crippen LogP contribution >= 0.6 is 0 Å². The Labute approximate surface area is 208 Å². The Morgan fingerprint density at radius 2 is 1.35 bits per heavy atom. The van der Waals surface area contributed by atoms with E-state index >= 15 is 0 Å². The maximum Gasteiger partial charge on any atom is 0.308 e. The van der Waals surface area contributed by atoms with Crippen LogP contribution in [0.2, 0.25) is 0 Å². The first-order valence-corrected chi connectivity index (χ1v) is 13.2. The number of carbonyl (C=O) groups is 2. The molecular formula is C30H48O4. The van der Waals surface area contributed by atoms with Gasteiger partial charge in [-0.3, -0.25) is 9.59 Å². The van der Waals surface area contributed by atoms with Crippen molar-refractivity contribution in [3.63, 3.8) is 0 Å². The van der Waals surface area contributed by atoms with Gasteiger partial charge in [-0.15, -0.1) is 0 Å². The van der Waals surface area contributed by atoms with Gasteiger partial charge in [0.2, 0.25) is 0 Å². The van der Waals surface area contributed by atoms with Crippen molar-refractivity contribution in [3.05, 3.63) is 35.4 Å². The van der Waals surface area contributed by atoms with E-state index in [0.717, 1.165) is 29.7 Å². The second kappa shape index (κ2) is 16.5. The molecule has 2 atom stereocenters. The topological polar surface area (TPSA) is 52.6 Å². The Balaban J connectivity index is 2.43. The summed E-state index contributed by atoms with van der Waals surface area (Å²) in [6.45, 7) is 14.3. The van der Waals surface area contributed by atoms with Crippen LogP contribution in [0, 0.1) is 17.8 Å². The van der Waals surface area contributed by atoms with Crippen molar-refractivity contribution in [1.29, 1.82) is 0 Å². The fourth-order valence-corrected chi connectivity index (χ4v) is 4.29. The SMILES string of the molecule is CC(=O)Oc1ccc(OC(C)=O)c(CC=C(C)CCCC(C)CCCC(C)CCCC(C)C)c1. The quantitative estimate of drug-likeness (QED) is 0.137. The van der Waals surface area contributed by atoms with Crippen molar-refractivity contribution in [2.24, 2.45) is 17.8 Å². The average Bonchev–Trinajstić information content (AvgIpc) is 2.72. The minimum absolute atomic E-state index is 0.360. The third-order valence-electron chi connectivity index (χ3n) is 6.36. The lowest BCUT2D eigenvalue weighted by molar-refractivity contribution is -0.133. The lowest BCUT2D eigenvalue weighted by atomic mass is 9.91. The first-order valence-electron chi connectivity index (χ1n) is 13.2. The van der Waals surface area contributed by atoms with Crippen LogP contribution in [0.3, 0.4) is 0 Å². The Hall–Kier alpha value is -2.10. The standard InChI is InChI=1S/C30H48O4/c1-22(2)11-8-12-23(3)13-9-14-24(4)15-10-16-25(5)17-18-28-21-29(33-26(6)31)19-20-30(28)34-27(7)32/h17,19-24H,8-16,18H2,1-7H3. The van der Waals surface area contributed by atoms with Crippen molar-refractivity contribution in [3.8, 4) is 11.5 Å². The van der Waals surface area contributed by atoms with Gasteiger partial charge in [0.25, 0.3) is 0 Å². The van der Waals surface area contributed by atoms with Crippen LogP contribution in [-0.4, -0.2) is 11.9 Å². The number of rotatable bonds is 16. The molecule has 0 aliphatic carbocycles. The van der Waals surface area contributed by atoms with Gasteiger partial charge in [0.1, 0.15) is 11.5 Å². The normalized spacial score (nSPS) is 13.6. The summed E-state index contributed by atoms with van der Waals surface area (Å²) >= 11 is 0. The molecule has 0 radical (unpaired) electrons. The maximum atomic E-state index is 11.4. The number of benzene rings is 1. The molecule has 2 unspecified atom stereocenters. The highest BCUT2D eigenvalue weighted by molar-refractivity contribution is 5.71. The molecule has 0 bridgehead atoms. The predicted molar refractivity (Wildman–Crippen MR) is 141 cm³/mol. The van der Waals surface area contributed by atoms with Gasteiger partial charge in [-0.1, -0.05) is 84.3 Å². The van der Waals surface area contributed by atoms with Crippen molar-refractivity contribution in [2.75, 3.05) is 0 Å². The first-order chi connectivity index (χ1) is 16.1. The van der Waals surface area contributed by atoms with Gasteiger partial charge in [0.05, 0.1) is 0 Å². The predicted octanol–water partition coefficient (Wildman–Crippen LogP) is 8.47. The maximum absolute atomic E-state index is 11.4. The zero-order valence-electron chi connectivity index (χ0n) is 22.7. The second-order valence-corrected chi connectivity index (χ2v) is 10.6. The number of ether oxygens (including phenoxy) is 2. The molecular weight excluding hydrogens is 424 g/mol. The van der Waals surface area contributed by atoms with Crippen molar-refractivity contribution in [1.82, 2.24) is 0 Å². The second-order valence-electron chi connectivity index (χ2n) is 10.6. The Morgan fingerprint density at radius 3 is 1.91 bits per heavy atom. The zero-order valence-corrected chi connectivity index (χ0v) is 22.7. The number of esters is 2. The minimum Gasteiger partial charge on any atom is -0.427 e. The summed E-state index contributed by atoms with van der Waals surface area (Å²) in [7, 11) is 0. The van der Waals surface area contributed by atoms with Crippen LogP contribution in [0.1, 0.15) is 112 Å². The molecule has 0 spiro atoms. The minimum atomic E-state index is -0.368. The van der Waals surface area contributed by atoms with Crippen LogP contribution in [0.5, 0.6) is 11.5 Å². The summed E-state index contributed by atoms with van der Waals surface area (Å²) in [6, 6.07) is 5.11. The lowest BCUT2D eigenvalue weighted by Crippen LogP contribution is -2.06. The van der Waals surface area contributed by atoms with Gasteiger partial charge >= 0.3 is 11.9 Å². The summed E-state index contributed by atoms with van der Waals surface area (Å²) in [5.41, 5.74) is 2.17. The molecule has 0 saturated heterocycles. The summed E-state index contributed by atoms with van der Waals surface area (Å²) in [6.07, 6.45) is 14.5. The highest BCUT2D eigenvalue weighted by Crippen LogP contribution is 2.27. The van der Waals surface area contributed by atoms with Crippen LogP contribution in [0.15, 0.2) is 29.8 Å². The van der Waals surface area contributed by atoms with E-state index in [-0.39, 0.29) is 11.9 Å². The molecule has 1 aromatic rings. The van der Waals surface area contributed by atoms with Crippen molar-refractivity contribution in [2.45, 2.75) is 113 Å². The van der Waals surface area contributed by atoms with Crippen LogP contribution in [0.4, 0.5) is 0 Å². The smallest absolute Gasteiger partial charge is 0.308 e. The lowest BCUT2D eigenvalue weighted by Gasteiger charge is -2.15. The van der Waals surface area contributed by atoms with E-state index in [4.69, 9.17) is 9.47 Å². The molecule has 0 N–H and O–H groups in total. The molecule has 0 aliphatic heterocycles. The summed E-state index contributed by atoms with van der Waals surface area (Å²) in [5.74, 6) is 2.70. The third-order valence-corrected chi connectivity index (χ3v) is 6.36. The molecule has 4 heteroatoms. The Bertz CT molecular complexity index is 778. The van der Waals surface area contributed by atoms with Gasteiger partial charge < -0.3 is 9.47 Å². The van der Waals surface area contributed by atoms with Gasteiger partial charge in [-0.25, -0.2) is 0 Å². The Kier molecular flexibility index (Phi) is 14.5. The third kappa shape index (κ3) is 14.2. The van der Waals surface area contributed by atoms with Gasteiger partial charge in [-0.05, 0) is 62.1 Å². The average molecular weight is 473 g/mol. The number of carbonyl (C=O) groups excluding carboxylic acids is 2. The van der Waals surface area contributed by atoms with Crippen LogP contribution in [0.25, 0.3) is 0 Å². The van der Waals surface area contributed by atoms with Crippen molar-refractivity contribution >= 4 is 11.9 Å². The highest BCUT2D eigenvalue weighted by Gasteiger charge is 2.10. The molecule has 1 aromatic carbocycles. The molecule has 0 aromatic heterocycles. The number of hydrogen-bond acceptors (Lipinski definition) is 4. The molecule has 1 rings (SSSR count). The van der Waals surface area contributed by atoms with Gasteiger partial charge in [0, 0.05) is 19.4 Å². The molecule has 0 amide bonds. The van der Waals surface area contributed by atoms with E-state index in [0.29, 0.717) is 17.9 Å². The molecule has 0 aliphatic rings. The molecule has 0 fully saturated rings. The van der Waals surface area contributed by atoms with Crippen LogP contribution < -0.4 is 9.47 Å². The van der Waals surface area contributed by atoms with E-state index in [1.54, 1.807) is 18.2 Å².